The average Bonchev–Trinajstić information content (AvgIpc) is 2.61. The number of ketones is 1. The van der Waals surface area contributed by atoms with Gasteiger partial charge >= 0.3 is 5.97 Å². The Balaban J connectivity index is 2.52. The van der Waals surface area contributed by atoms with E-state index in [4.69, 9.17) is 5.73 Å². The molecule has 0 radical (unpaired) electrons. The molecule has 0 saturated heterocycles. The molecule has 26 heavy (non-hydrogen) atoms. The number of amides is 1. The predicted molar refractivity (Wildman–Crippen MR) is 76.2 cm³/mol. The summed E-state index contributed by atoms with van der Waals surface area (Å²) in [5.41, 5.74) is 4.02. The molecule has 5 nitrogen and oxygen atoms in total. The first-order valence-corrected chi connectivity index (χ1v) is 6.74. The minimum Gasteiger partial charge on any atom is -0.416 e. The third kappa shape index (κ3) is 3.39. The molecule has 0 spiro atoms. The standard InChI is InChI=1S/C16H8F5NO4/c1-5(23)6-2-7(15(22)24)4-8(3-6)16(25)26-14-12(20)10(18)9(17)11(19)13(14)21/h2-4H,1H3,(H2,22,24). The van der Waals surface area contributed by atoms with Crippen molar-refractivity contribution in [2.24, 2.45) is 5.73 Å². The molecule has 2 N–H and O–H groups in total. The van der Waals surface area contributed by atoms with Crippen molar-refractivity contribution in [1.29, 1.82) is 0 Å². The lowest BCUT2D eigenvalue weighted by atomic mass is 10.0. The Kier molecular flexibility index (Phi) is 5.05. The lowest BCUT2D eigenvalue weighted by molar-refractivity contribution is 0.0716. The molecule has 0 aliphatic carbocycles. The molecule has 0 saturated carbocycles. The largest absolute Gasteiger partial charge is 0.416 e. The van der Waals surface area contributed by atoms with E-state index in [9.17, 15) is 36.3 Å². The van der Waals surface area contributed by atoms with Gasteiger partial charge < -0.3 is 10.5 Å². The molecule has 0 fully saturated rings. The van der Waals surface area contributed by atoms with E-state index in [0.29, 0.717) is 0 Å². The van der Waals surface area contributed by atoms with Crippen LogP contribution in [0.4, 0.5) is 22.0 Å². The normalized spacial score (nSPS) is 10.5. The van der Waals surface area contributed by atoms with Gasteiger partial charge in [-0.25, -0.2) is 18.0 Å². The van der Waals surface area contributed by atoms with Crippen molar-refractivity contribution in [3.8, 4) is 5.75 Å². The smallest absolute Gasteiger partial charge is 0.343 e. The Morgan fingerprint density at radius 1 is 0.769 bits per heavy atom. The summed E-state index contributed by atoms with van der Waals surface area (Å²) in [7, 11) is 0. The van der Waals surface area contributed by atoms with Crippen LogP contribution in [0.15, 0.2) is 18.2 Å². The molecule has 10 heteroatoms. The molecule has 2 aromatic rings. The van der Waals surface area contributed by atoms with E-state index >= 15 is 0 Å². The quantitative estimate of drug-likeness (QED) is 0.223. The summed E-state index contributed by atoms with van der Waals surface area (Å²) in [4.78, 5) is 34.7. The van der Waals surface area contributed by atoms with Gasteiger partial charge in [-0.2, -0.15) is 8.78 Å². The number of carbonyl (C=O) groups is 3. The third-order valence-electron chi connectivity index (χ3n) is 3.22. The maximum atomic E-state index is 13.6. The van der Waals surface area contributed by atoms with Crippen LogP contribution in [0.5, 0.6) is 5.75 Å². The summed E-state index contributed by atoms with van der Waals surface area (Å²) in [6, 6.07) is 2.80. The number of nitrogens with two attached hydrogens (primary N) is 1. The van der Waals surface area contributed by atoms with Crippen LogP contribution in [0.2, 0.25) is 0 Å². The van der Waals surface area contributed by atoms with Gasteiger partial charge in [-0.3, -0.25) is 9.59 Å². The third-order valence-corrected chi connectivity index (χ3v) is 3.22. The Hall–Kier alpha value is -3.30. The number of hydrogen-bond donors (Lipinski definition) is 1. The molecular formula is C16H8F5NO4. The molecule has 2 rings (SSSR count). The van der Waals surface area contributed by atoms with Gasteiger partial charge in [-0.05, 0) is 25.1 Å². The van der Waals surface area contributed by atoms with E-state index in [-0.39, 0.29) is 11.1 Å². The lowest BCUT2D eigenvalue weighted by Crippen LogP contribution is -2.17. The summed E-state index contributed by atoms with van der Waals surface area (Å²) in [5.74, 6) is -16.7. The molecule has 0 unspecified atom stereocenters. The maximum absolute atomic E-state index is 13.6. The van der Waals surface area contributed by atoms with Gasteiger partial charge in [0.05, 0.1) is 5.56 Å². The number of primary amides is 1. The summed E-state index contributed by atoms with van der Waals surface area (Å²) < 4.78 is 70.6. The maximum Gasteiger partial charge on any atom is 0.343 e. The first kappa shape index (κ1) is 19.0. The lowest BCUT2D eigenvalue weighted by Gasteiger charge is -2.10. The van der Waals surface area contributed by atoms with E-state index in [1.165, 1.54) is 0 Å². The Bertz CT molecular complexity index is 897. The second kappa shape index (κ2) is 6.90. The highest BCUT2D eigenvalue weighted by Gasteiger charge is 2.29. The fourth-order valence-corrected chi connectivity index (χ4v) is 1.92. The van der Waals surface area contributed by atoms with Gasteiger partial charge in [0.1, 0.15) is 0 Å². The SMILES string of the molecule is CC(=O)c1cc(C(N)=O)cc(C(=O)Oc2c(F)c(F)c(F)c(F)c2F)c1. The van der Waals surface area contributed by atoms with E-state index in [0.717, 1.165) is 25.1 Å². The zero-order valence-electron chi connectivity index (χ0n) is 12.8. The fourth-order valence-electron chi connectivity index (χ4n) is 1.92. The van der Waals surface area contributed by atoms with Crippen molar-refractivity contribution < 1.29 is 41.1 Å². The molecule has 0 aliphatic rings. The highest BCUT2D eigenvalue weighted by Crippen LogP contribution is 2.29. The fraction of sp³-hybridized carbons (Fsp3) is 0.0625. The van der Waals surface area contributed by atoms with Crippen molar-refractivity contribution >= 4 is 17.7 Å². The zero-order chi connectivity index (χ0) is 19.8. The number of benzene rings is 2. The number of ether oxygens (including phenoxy) is 1. The topological polar surface area (TPSA) is 86.5 Å². The second-order valence-corrected chi connectivity index (χ2v) is 5.01. The monoisotopic (exact) mass is 373 g/mol. The summed E-state index contributed by atoms with van der Waals surface area (Å²) >= 11 is 0. The van der Waals surface area contributed by atoms with Gasteiger partial charge in [0.2, 0.25) is 40.7 Å². The van der Waals surface area contributed by atoms with E-state index in [1.54, 1.807) is 0 Å². The first-order valence-electron chi connectivity index (χ1n) is 6.74. The number of halogens is 5. The molecule has 136 valence electrons. The Labute approximate surface area is 142 Å². The highest BCUT2D eigenvalue weighted by molar-refractivity contribution is 6.03. The molecule has 2 aromatic carbocycles. The van der Waals surface area contributed by atoms with Crippen molar-refractivity contribution in [2.75, 3.05) is 0 Å². The van der Waals surface area contributed by atoms with E-state index in [1.807, 2.05) is 0 Å². The molecule has 1 amide bonds. The number of rotatable bonds is 4. The molecule has 0 heterocycles. The van der Waals surface area contributed by atoms with Crippen LogP contribution in [0.25, 0.3) is 0 Å². The highest BCUT2D eigenvalue weighted by atomic mass is 19.2. The van der Waals surface area contributed by atoms with Gasteiger partial charge in [0.25, 0.3) is 0 Å². The molecule has 0 atom stereocenters. The van der Waals surface area contributed by atoms with Crippen LogP contribution in [0, 0.1) is 29.1 Å². The second-order valence-electron chi connectivity index (χ2n) is 5.01. The van der Waals surface area contributed by atoms with E-state index in [2.05, 4.69) is 4.74 Å². The first-order chi connectivity index (χ1) is 12.0. The Morgan fingerprint density at radius 3 is 1.65 bits per heavy atom. The van der Waals surface area contributed by atoms with Gasteiger partial charge in [0, 0.05) is 11.1 Å². The molecule has 0 aromatic heterocycles. The van der Waals surface area contributed by atoms with E-state index < -0.39 is 58.1 Å². The number of Topliss-reactive ketones (excluding diaryl/α,β-unsaturated/α-hetero) is 1. The van der Waals surface area contributed by atoms with Crippen molar-refractivity contribution in [3.05, 3.63) is 64.0 Å². The van der Waals surface area contributed by atoms with Gasteiger partial charge in [0.15, 0.2) is 5.78 Å². The van der Waals surface area contributed by atoms with Crippen molar-refractivity contribution in [1.82, 2.24) is 0 Å². The minimum absolute atomic E-state index is 0.161. The summed E-state index contributed by atoms with van der Waals surface area (Å²) in [6.07, 6.45) is 0. The molecule has 0 aliphatic heterocycles. The average molecular weight is 373 g/mol. The van der Waals surface area contributed by atoms with Crippen LogP contribution in [-0.4, -0.2) is 17.7 Å². The van der Waals surface area contributed by atoms with Crippen LogP contribution in [0.3, 0.4) is 0 Å². The van der Waals surface area contributed by atoms with Gasteiger partial charge in [-0.15, -0.1) is 0 Å². The van der Waals surface area contributed by atoms with Crippen molar-refractivity contribution in [2.45, 2.75) is 6.92 Å². The summed E-state index contributed by atoms with van der Waals surface area (Å²) in [6.45, 7) is 1.10. The van der Waals surface area contributed by atoms with Crippen LogP contribution in [-0.2, 0) is 0 Å². The predicted octanol–water partition coefficient (Wildman–Crippen LogP) is 2.90. The van der Waals surface area contributed by atoms with Crippen molar-refractivity contribution in [3.63, 3.8) is 0 Å². The zero-order valence-corrected chi connectivity index (χ0v) is 12.8. The number of esters is 1. The Morgan fingerprint density at radius 2 is 1.19 bits per heavy atom. The number of hydrogen-bond acceptors (Lipinski definition) is 4. The van der Waals surface area contributed by atoms with Crippen LogP contribution < -0.4 is 10.5 Å². The molecule has 0 bridgehead atoms. The van der Waals surface area contributed by atoms with Crippen LogP contribution in [0.1, 0.15) is 38.0 Å². The molecular weight excluding hydrogens is 365 g/mol. The summed E-state index contributed by atoms with van der Waals surface area (Å²) in [5, 5.41) is 0. The number of carbonyl (C=O) groups excluding carboxylic acids is 3. The minimum atomic E-state index is -2.42. The van der Waals surface area contributed by atoms with Gasteiger partial charge in [-0.1, -0.05) is 0 Å². The van der Waals surface area contributed by atoms with Crippen LogP contribution >= 0.6 is 0 Å².